The number of nitrogens with one attached hydrogen (secondary N) is 1. The molecule has 8 heteroatoms. The topological polar surface area (TPSA) is 95.3 Å². The molecule has 144 valence electrons. The fourth-order valence-electron chi connectivity index (χ4n) is 2.62. The molecule has 1 amide bonds. The quantitative estimate of drug-likeness (QED) is 0.705. The number of anilines is 1. The third-order valence-corrected chi connectivity index (χ3v) is 4.06. The van der Waals surface area contributed by atoms with Crippen LogP contribution in [0.25, 0.3) is 11.3 Å². The summed E-state index contributed by atoms with van der Waals surface area (Å²) in [6.07, 6.45) is 1.45. The van der Waals surface area contributed by atoms with Crippen LogP contribution in [0.3, 0.4) is 0 Å². The van der Waals surface area contributed by atoms with Crippen molar-refractivity contribution in [2.45, 2.75) is 13.5 Å². The van der Waals surface area contributed by atoms with Crippen LogP contribution >= 0.6 is 0 Å². The summed E-state index contributed by atoms with van der Waals surface area (Å²) in [7, 11) is 3.10. The first-order valence-corrected chi connectivity index (χ1v) is 8.53. The van der Waals surface area contributed by atoms with Crippen molar-refractivity contribution in [3.05, 3.63) is 64.7 Å². The number of aryl methyl sites for hydroxylation is 1. The van der Waals surface area contributed by atoms with Crippen molar-refractivity contribution in [1.82, 2.24) is 14.8 Å². The van der Waals surface area contributed by atoms with E-state index in [4.69, 9.17) is 9.47 Å². The molecule has 0 aliphatic heterocycles. The molecule has 1 N–H and O–H groups in total. The van der Waals surface area contributed by atoms with Gasteiger partial charge in [-0.1, -0.05) is 6.07 Å². The molecule has 0 aliphatic carbocycles. The van der Waals surface area contributed by atoms with E-state index in [-0.39, 0.29) is 6.54 Å². The fraction of sp³-hybridized carbons (Fsp3) is 0.200. The normalized spacial score (nSPS) is 10.4. The molecular weight excluding hydrogens is 360 g/mol. The van der Waals surface area contributed by atoms with E-state index < -0.39 is 11.6 Å². The van der Waals surface area contributed by atoms with Gasteiger partial charge in [-0.25, -0.2) is 9.48 Å². The Kier molecular flexibility index (Phi) is 5.69. The Morgan fingerprint density at radius 3 is 2.50 bits per heavy atom. The maximum Gasteiger partial charge on any atom is 0.365 e. The van der Waals surface area contributed by atoms with Gasteiger partial charge >= 0.3 is 5.69 Å². The van der Waals surface area contributed by atoms with E-state index >= 15 is 0 Å². The number of benzene rings is 2. The van der Waals surface area contributed by atoms with Crippen molar-refractivity contribution >= 4 is 11.6 Å². The van der Waals surface area contributed by atoms with Crippen molar-refractivity contribution in [3.63, 3.8) is 0 Å². The highest BCUT2D eigenvalue weighted by Crippen LogP contribution is 2.25. The number of amides is 1. The number of nitrogens with zero attached hydrogens (tertiary/aromatic N) is 3. The average Bonchev–Trinajstić information content (AvgIpc) is 2.70. The predicted molar refractivity (Wildman–Crippen MR) is 105 cm³/mol. The van der Waals surface area contributed by atoms with E-state index in [1.807, 2.05) is 13.0 Å². The van der Waals surface area contributed by atoms with Crippen molar-refractivity contribution in [1.29, 1.82) is 0 Å². The zero-order valence-corrected chi connectivity index (χ0v) is 15.8. The Bertz CT molecular complexity index is 1040. The van der Waals surface area contributed by atoms with Crippen LogP contribution < -0.4 is 20.5 Å². The van der Waals surface area contributed by atoms with Crippen molar-refractivity contribution in [3.8, 4) is 22.8 Å². The minimum absolute atomic E-state index is 0.258. The number of hydrogen-bond donors (Lipinski definition) is 1. The highest BCUT2D eigenvalue weighted by atomic mass is 16.5. The van der Waals surface area contributed by atoms with E-state index in [1.54, 1.807) is 43.5 Å². The molecule has 2 aromatic carbocycles. The fourth-order valence-corrected chi connectivity index (χ4v) is 2.62. The number of methoxy groups -OCH3 is 2. The van der Waals surface area contributed by atoms with Crippen LogP contribution in [0.4, 0.5) is 5.69 Å². The van der Waals surface area contributed by atoms with Gasteiger partial charge in [0.1, 0.15) is 18.0 Å². The average molecular weight is 380 g/mol. The van der Waals surface area contributed by atoms with E-state index in [0.29, 0.717) is 22.9 Å². The van der Waals surface area contributed by atoms with Crippen molar-refractivity contribution in [2.24, 2.45) is 0 Å². The third kappa shape index (κ3) is 4.35. The largest absolute Gasteiger partial charge is 0.497 e. The van der Waals surface area contributed by atoms with Gasteiger partial charge in [0.2, 0.25) is 5.91 Å². The Morgan fingerprint density at radius 2 is 1.86 bits per heavy atom. The van der Waals surface area contributed by atoms with E-state index in [2.05, 4.69) is 15.4 Å². The minimum Gasteiger partial charge on any atom is -0.497 e. The number of carbonyl (C=O) groups excluding carboxylic acids is 1. The van der Waals surface area contributed by atoms with Crippen LogP contribution in [-0.4, -0.2) is 34.9 Å². The molecule has 1 aromatic heterocycles. The Labute approximate surface area is 161 Å². The summed E-state index contributed by atoms with van der Waals surface area (Å²) in [5.74, 6) is 0.832. The standard InChI is InChI=1S/C20H20N4O4/c1-13-4-9-18(28-3)16(10-13)22-19(25)12-24-20(26)23-17(11-21-24)14-5-7-15(27-2)8-6-14/h4-11H,12H2,1-3H3,(H,22,25). The van der Waals surface area contributed by atoms with Gasteiger partial charge < -0.3 is 14.8 Å². The molecule has 0 aliphatic rings. The van der Waals surface area contributed by atoms with Crippen molar-refractivity contribution < 1.29 is 14.3 Å². The Balaban J connectivity index is 1.75. The molecule has 8 nitrogen and oxygen atoms in total. The molecule has 0 saturated heterocycles. The third-order valence-electron chi connectivity index (χ3n) is 4.06. The zero-order valence-electron chi connectivity index (χ0n) is 15.8. The Hall–Kier alpha value is -3.68. The molecule has 0 atom stereocenters. The van der Waals surface area contributed by atoms with Gasteiger partial charge in [-0.3, -0.25) is 4.79 Å². The number of aromatic nitrogens is 3. The molecular formula is C20H20N4O4. The van der Waals surface area contributed by atoms with Crippen LogP contribution in [0.2, 0.25) is 0 Å². The van der Waals surface area contributed by atoms with Gasteiger partial charge in [0.15, 0.2) is 0 Å². The lowest BCUT2D eigenvalue weighted by atomic mass is 10.1. The second kappa shape index (κ2) is 8.34. The van der Waals surface area contributed by atoms with Gasteiger partial charge in [-0.2, -0.15) is 10.1 Å². The molecule has 0 spiro atoms. The van der Waals surface area contributed by atoms with Crippen LogP contribution in [-0.2, 0) is 11.3 Å². The molecule has 0 saturated carbocycles. The monoisotopic (exact) mass is 380 g/mol. The number of hydrogen-bond acceptors (Lipinski definition) is 6. The lowest BCUT2D eigenvalue weighted by molar-refractivity contribution is -0.117. The van der Waals surface area contributed by atoms with Crippen LogP contribution in [0, 0.1) is 6.92 Å². The first-order valence-electron chi connectivity index (χ1n) is 8.53. The summed E-state index contributed by atoms with van der Waals surface area (Å²) in [6.45, 7) is 1.65. The second-order valence-electron chi connectivity index (χ2n) is 6.06. The summed E-state index contributed by atoms with van der Waals surface area (Å²) in [4.78, 5) is 28.6. The smallest absolute Gasteiger partial charge is 0.365 e. The number of carbonyl (C=O) groups is 1. The predicted octanol–water partition coefficient (Wildman–Crippen LogP) is 2.27. The molecule has 0 unspecified atom stereocenters. The summed E-state index contributed by atoms with van der Waals surface area (Å²) < 4.78 is 11.3. The van der Waals surface area contributed by atoms with E-state index in [1.165, 1.54) is 13.3 Å². The van der Waals surface area contributed by atoms with Crippen LogP contribution in [0.15, 0.2) is 53.5 Å². The van der Waals surface area contributed by atoms with Crippen LogP contribution in [0.1, 0.15) is 5.56 Å². The van der Waals surface area contributed by atoms with Crippen molar-refractivity contribution in [2.75, 3.05) is 19.5 Å². The molecule has 3 rings (SSSR count). The van der Waals surface area contributed by atoms with Gasteiger partial charge in [0.25, 0.3) is 0 Å². The minimum atomic E-state index is -0.611. The molecule has 0 radical (unpaired) electrons. The second-order valence-corrected chi connectivity index (χ2v) is 6.06. The SMILES string of the molecule is COc1ccc(-c2cnn(CC(=O)Nc3cc(C)ccc3OC)c(=O)n2)cc1. The van der Waals surface area contributed by atoms with Gasteiger partial charge in [-0.15, -0.1) is 0 Å². The Morgan fingerprint density at radius 1 is 1.11 bits per heavy atom. The molecule has 0 fully saturated rings. The van der Waals surface area contributed by atoms with E-state index in [9.17, 15) is 9.59 Å². The lowest BCUT2D eigenvalue weighted by Crippen LogP contribution is -2.31. The number of ether oxygens (including phenoxy) is 2. The van der Waals surface area contributed by atoms with Gasteiger partial charge in [-0.05, 0) is 48.9 Å². The molecule has 1 heterocycles. The molecule has 0 bridgehead atoms. The van der Waals surface area contributed by atoms with Gasteiger partial charge in [0, 0.05) is 5.56 Å². The highest BCUT2D eigenvalue weighted by molar-refractivity contribution is 5.92. The van der Waals surface area contributed by atoms with E-state index in [0.717, 1.165) is 15.8 Å². The number of rotatable bonds is 6. The zero-order chi connectivity index (χ0) is 20.1. The summed E-state index contributed by atoms with van der Waals surface area (Å²) in [6, 6.07) is 12.5. The maximum absolute atomic E-state index is 12.3. The summed E-state index contributed by atoms with van der Waals surface area (Å²) >= 11 is 0. The first-order chi connectivity index (χ1) is 13.5. The molecule has 28 heavy (non-hydrogen) atoms. The van der Waals surface area contributed by atoms with Crippen LogP contribution in [0.5, 0.6) is 11.5 Å². The summed E-state index contributed by atoms with van der Waals surface area (Å²) in [5.41, 5.74) is 2.04. The maximum atomic E-state index is 12.3. The highest BCUT2D eigenvalue weighted by Gasteiger charge is 2.11. The molecule has 3 aromatic rings. The lowest BCUT2D eigenvalue weighted by Gasteiger charge is -2.11. The summed E-state index contributed by atoms with van der Waals surface area (Å²) in [5, 5.41) is 6.79. The van der Waals surface area contributed by atoms with Gasteiger partial charge in [0.05, 0.1) is 31.8 Å². The first kappa shape index (κ1) is 19.1.